The molecule has 2 unspecified atom stereocenters. The van der Waals surface area contributed by atoms with Gasteiger partial charge >= 0.3 is 0 Å². The van der Waals surface area contributed by atoms with Gasteiger partial charge in [-0.15, -0.1) is 10.2 Å². The van der Waals surface area contributed by atoms with Crippen molar-refractivity contribution in [2.75, 3.05) is 18.0 Å². The van der Waals surface area contributed by atoms with Crippen LogP contribution in [0.25, 0.3) is 0 Å². The van der Waals surface area contributed by atoms with E-state index in [1.807, 2.05) is 18.7 Å². The Bertz CT molecular complexity index is 403. The predicted octanol–water partition coefficient (Wildman–Crippen LogP) is 0.289. The van der Waals surface area contributed by atoms with Gasteiger partial charge in [0.15, 0.2) is 11.0 Å². The highest BCUT2D eigenvalue weighted by Crippen LogP contribution is 2.26. The molecule has 0 aliphatic carbocycles. The van der Waals surface area contributed by atoms with Crippen molar-refractivity contribution in [3.8, 4) is 0 Å². The Hall–Kier alpha value is -0.910. The second-order valence-corrected chi connectivity index (χ2v) is 4.46. The second-order valence-electron chi connectivity index (χ2n) is 4.10. The van der Waals surface area contributed by atoms with E-state index in [9.17, 15) is 10.2 Å². The lowest BCUT2D eigenvalue weighted by Crippen LogP contribution is -2.24. The van der Waals surface area contributed by atoms with E-state index in [1.54, 1.807) is 0 Å². The number of rotatable bonds is 1. The molecule has 2 heterocycles. The minimum atomic E-state index is -0.725. The van der Waals surface area contributed by atoms with Crippen LogP contribution in [0.1, 0.15) is 11.1 Å². The van der Waals surface area contributed by atoms with Crippen LogP contribution >= 0.6 is 11.6 Å². The van der Waals surface area contributed by atoms with Gasteiger partial charge in [-0.1, -0.05) is 11.6 Å². The number of halogens is 1. The summed E-state index contributed by atoms with van der Waals surface area (Å²) in [5, 5.41) is 27.2. The van der Waals surface area contributed by atoms with Crippen LogP contribution in [0.2, 0.25) is 5.15 Å². The first-order valence-electron chi connectivity index (χ1n) is 5.11. The summed E-state index contributed by atoms with van der Waals surface area (Å²) >= 11 is 5.86. The molecule has 0 radical (unpaired) electrons. The molecule has 16 heavy (non-hydrogen) atoms. The number of anilines is 1. The molecule has 0 aromatic carbocycles. The molecule has 2 N–H and O–H groups in total. The summed E-state index contributed by atoms with van der Waals surface area (Å²) in [7, 11) is 0. The van der Waals surface area contributed by atoms with Crippen molar-refractivity contribution in [2.24, 2.45) is 0 Å². The topological polar surface area (TPSA) is 69.5 Å². The maximum Gasteiger partial charge on any atom is 0.155 e. The maximum atomic E-state index is 9.48. The van der Waals surface area contributed by atoms with Gasteiger partial charge in [-0.3, -0.25) is 0 Å². The van der Waals surface area contributed by atoms with Gasteiger partial charge in [0.25, 0.3) is 0 Å². The van der Waals surface area contributed by atoms with Gasteiger partial charge in [0, 0.05) is 13.1 Å². The number of aliphatic hydroxyl groups excluding tert-OH is 2. The summed E-state index contributed by atoms with van der Waals surface area (Å²) in [4.78, 5) is 1.82. The maximum absolute atomic E-state index is 9.48. The third-order valence-electron chi connectivity index (χ3n) is 3.00. The molecule has 0 amide bonds. The molecule has 1 fully saturated rings. The van der Waals surface area contributed by atoms with Crippen molar-refractivity contribution in [1.29, 1.82) is 0 Å². The summed E-state index contributed by atoms with van der Waals surface area (Å²) in [6, 6.07) is 0. The summed E-state index contributed by atoms with van der Waals surface area (Å²) in [6.07, 6.45) is -1.45. The Morgan fingerprint density at radius 2 is 1.69 bits per heavy atom. The number of nitrogens with zero attached hydrogens (tertiary/aromatic N) is 3. The molecule has 5 nitrogen and oxygen atoms in total. The molecule has 1 aliphatic heterocycles. The number of aromatic nitrogens is 2. The molecule has 88 valence electrons. The van der Waals surface area contributed by atoms with Gasteiger partial charge in [-0.2, -0.15) is 0 Å². The number of hydrogen-bond donors (Lipinski definition) is 2. The molecular weight excluding hydrogens is 230 g/mol. The monoisotopic (exact) mass is 243 g/mol. The number of β-amino-alcohol motifs (C(OH)–C–C–N with tert-alkyl or cyclic N) is 2. The highest BCUT2D eigenvalue weighted by Gasteiger charge is 2.31. The lowest BCUT2D eigenvalue weighted by Gasteiger charge is -2.19. The van der Waals surface area contributed by atoms with Crippen LogP contribution in [0, 0.1) is 13.8 Å². The molecular formula is C10H14ClN3O2. The normalized spacial score (nSPS) is 25.2. The lowest BCUT2D eigenvalue weighted by molar-refractivity contribution is 0.0572. The number of hydrogen-bond acceptors (Lipinski definition) is 5. The largest absolute Gasteiger partial charge is 0.389 e. The van der Waals surface area contributed by atoms with Crippen LogP contribution in [0.3, 0.4) is 0 Å². The zero-order valence-electron chi connectivity index (χ0n) is 9.18. The van der Waals surface area contributed by atoms with E-state index in [4.69, 9.17) is 11.6 Å². The van der Waals surface area contributed by atoms with E-state index >= 15 is 0 Å². The Balaban J connectivity index is 2.32. The summed E-state index contributed by atoms with van der Waals surface area (Å²) in [5.41, 5.74) is 1.81. The summed E-state index contributed by atoms with van der Waals surface area (Å²) in [5.74, 6) is 0.678. The molecule has 6 heteroatoms. The van der Waals surface area contributed by atoms with Gasteiger partial charge in [0.1, 0.15) is 0 Å². The Morgan fingerprint density at radius 3 is 2.25 bits per heavy atom. The third kappa shape index (κ3) is 1.86. The highest BCUT2D eigenvalue weighted by atomic mass is 35.5. The molecule has 1 saturated heterocycles. The van der Waals surface area contributed by atoms with E-state index in [0.717, 1.165) is 11.1 Å². The van der Waals surface area contributed by atoms with Crippen molar-refractivity contribution in [1.82, 2.24) is 10.2 Å². The molecule has 2 atom stereocenters. The predicted molar refractivity (Wildman–Crippen MR) is 60.7 cm³/mol. The zero-order chi connectivity index (χ0) is 11.9. The van der Waals surface area contributed by atoms with Gasteiger partial charge in [0.05, 0.1) is 12.2 Å². The van der Waals surface area contributed by atoms with Crippen molar-refractivity contribution in [3.63, 3.8) is 0 Å². The first-order valence-corrected chi connectivity index (χ1v) is 5.49. The van der Waals surface area contributed by atoms with Gasteiger partial charge in [0.2, 0.25) is 0 Å². The van der Waals surface area contributed by atoms with Crippen LogP contribution in [0.4, 0.5) is 5.82 Å². The average Bonchev–Trinajstić information content (AvgIpc) is 2.56. The minimum absolute atomic E-state index is 0.373. The summed E-state index contributed by atoms with van der Waals surface area (Å²) in [6.45, 7) is 4.52. The number of aliphatic hydroxyl groups is 2. The lowest BCUT2D eigenvalue weighted by atomic mass is 10.2. The first kappa shape index (κ1) is 11.6. The van der Waals surface area contributed by atoms with E-state index in [1.165, 1.54) is 0 Å². The van der Waals surface area contributed by atoms with E-state index in [2.05, 4.69) is 10.2 Å². The highest BCUT2D eigenvalue weighted by molar-refractivity contribution is 6.30. The van der Waals surface area contributed by atoms with E-state index in [0.29, 0.717) is 24.1 Å². The standard InChI is InChI=1S/C10H14ClN3O2/c1-5-6(2)10(13-12-9(5)11)14-3-7(15)8(16)4-14/h7-8,15-16H,3-4H2,1-2H3. The molecule has 0 bridgehead atoms. The van der Waals surface area contributed by atoms with Crippen molar-refractivity contribution in [3.05, 3.63) is 16.3 Å². The Labute approximate surface area is 98.7 Å². The van der Waals surface area contributed by atoms with Crippen LogP contribution in [-0.2, 0) is 0 Å². The van der Waals surface area contributed by atoms with Gasteiger partial charge < -0.3 is 15.1 Å². The zero-order valence-corrected chi connectivity index (χ0v) is 9.94. The smallest absolute Gasteiger partial charge is 0.155 e. The van der Waals surface area contributed by atoms with Gasteiger partial charge in [-0.25, -0.2) is 0 Å². The van der Waals surface area contributed by atoms with Crippen LogP contribution in [0.15, 0.2) is 0 Å². The van der Waals surface area contributed by atoms with Crippen molar-refractivity contribution >= 4 is 17.4 Å². The van der Waals surface area contributed by atoms with Gasteiger partial charge in [-0.05, 0) is 25.0 Å². The average molecular weight is 244 g/mol. The van der Waals surface area contributed by atoms with Crippen molar-refractivity contribution in [2.45, 2.75) is 26.1 Å². The SMILES string of the molecule is Cc1c(Cl)nnc(N2CC(O)C(O)C2)c1C. The second kappa shape index (κ2) is 4.16. The van der Waals surface area contributed by atoms with Crippen LogP contribution < -0.4 is 4.90 Å². The van der Waals surface area contributed by atoms with E-state index < -0.39 is 12.2 Å². The first-order chi connectivity index (χ1) is 7.50. The van der Waals surface area contributed by atoms with Crippen LogP contribution in [0.5, 0.6) is 0 Å². The van der Waals surface area contributed by atoms with E-state index in [-0.39, 0.29) is 0 Å². The fraction of sp³-hybridized carbons (Fsp3) is 0.600. The Kier molecular flexibility index (Phi) is 3.01. The van der Waals surface area contributed by atoms with Crippen molar-refractivity contribution < 1.29 is 10.2 Å². The molecule has 0 spiro atoms. The van der Waals surface area contributed by atoms with Crippen LogP contribution in [-0.4, -0.2) is 45.7 Å². The fourth-order valence-electron chi connectivity index (χ4n) is 1.81. The fourth-order valence-corrected chi connectivity index (χ4v) is 1.99. The Morgan fingerprint density at radius 1 is 1.12 bits per heavy atom. The molecule has 1 aliphatic rings. The minimum Gasteiger partial charge on any atom is -0.389 e. The third-order valence-corrected chi connectivity index (χ3v) is 3.36. The quantitative estimate of drug-likeness (QED) is 0.742. The molecule has 1 aromatic rings. The molecule has 1 aromatic heterocycles. The molecule has 0 saturated carbocycles. The summed E-state index contributed by atoms with van der Waals surface area (Å²) < 4.78 is 0. The molecule has 2 rings (SSSR count).